The van der Waals surface area contributed by atoms with Gasteiger partial charge in [0.1, 0.15) is 6.10 Å². The Balaban J connectivity index is 2.09. The van der Waals surface area contributed by atoms with Crippen molar-refractivity contribution in [2.45, 2.75) is 45.9 Å². The largest absolute Gasteiger partial charge is 0.366 e. The van der Waals surface area contributed by atoms with E-state index < -0.39 is 0 Å². The van der Waals surface area contributed by atoms with Crippen molar-refractivity contribution >= 4 is 0 Å². The van der Waals surface area contributed by atoms with Crippen LogP contribution in [0.1, 0.15) is 50.6 Å². The molecule has 2 aromatic rings. The number of nitrogens with one attached hydrogen (secondary N) is 1. The van der Waals surface area contributed by atoms with Crippen molar-refractivity contribution in [3.05, 3.63) is 47.6 Å². The molecule has 0 saturated carbocycles. The molecule has 0 spiro atoms. The zero-order valence-electron chi connectivity index (χ0n) is 12.9. The lowest BCUT2D eigenvalue weighted by atomic mass is 10.1. The average Bonchev–Trinajstić information content (AvgIpc) is 2.99. The van der Waals surface area contributed by atoms with Crippen molar-refractivity contribution in [1.29, 1.82) is 0 Å². The Labute approximate surface area is 125 Å². The van der Waals surface area contributed by atoms with Crippen LogP contribution in [0, 0.1) is 0 Å². The monoisotopic (exact) mass is 289 g/mol. The van der Waals surface area contributed by atoms with E-state index in [-0.39, 0.29) is 6.10 Å². The first kappa shape index (κ1) is 15.7. The molecule has 114 valence electrons. The quantitative estimate of drug-likeness (QED) is 0.809. The lowest BCUT2D eigenvalue weighted by Gasteiger charge is -2.13. The molecule has 5 nitrogen and oxygen atoms in total. The predicted octanol–water partition coefficient (Wildman–Crippen LogP) is 3.08. The SMILES string of the molecule is CCOC(c1ccccc1)c1noc(CNC(C)CC)n1. The molecule has 21 heavy (non-hydrogen) atoms. The first-order valence-electron chi connectivity index (χ1n) is 7.47. The van der Waals surface area contributed by atoms with Gasteiger partial charge < -0.3 is 14.6 Å². The van der Waals surface area contributed by atoms with Gasteiger partial charge in [-0.05, 0) is 25.8 Å². The summed E-state index contributed by atoms with van der Waals surface area (Å²) in [5.41, 5.74) is 1.03. The Hall–Kier alpha value is -1.72. The van der Waals surface area contributed by atoms with Crippen LogP contribution in [0.2, 0.25) is 0 Å². The molecule has 2 unspecified atom stereocenters. The maximum atomic E-state index is 5.77. The molecule has 1 heterocycles. The molecule has 1 aromatic heterocycles. The number of hydrogen-bond acceptors (Lipinski definition) is 5. The minimum Gasteiger partial charge on any atom is -0.366 e. The highest BCUT2D eigenvalue weighted by molar-refractivity contribution is 5.22. The van der Waals surface area contributed by atoms with Crippen LogP contribution in [0.15, 0.2) is 34.9 Å². The van der Waals surface area contributed by atoms with E-state index in [9.17, 15) is 0 Å². The third kappa shape index (κ3) is 4.37. The summed E-state index contributed by atoms with van der Waals surface area (Å²) in [4.78, 5) is 4.45. The number of ether oxygens (including phenoxy) is 1. The lowest BCUT2D eigenvalue weighted by molar-refractivity contribution is 0.0833. The van der Waals surface area contributed by atoms with Crippen LogP contribution in [-0.2, 0) is 11.3 Å². The fourth-order valence-electron chi connectivity index (χ4n) is 1.97. The summed E-state index contributed by atoms with van der Waals surface area (Å²) in [6.07, 6.45) is 0.782. The van der Waals surface area contributed by atoms with Crippen LogP contribution in [0.3, 0.4) is 0 Å². The van der Waals surface area contributed by atoms with Gasteiger partial charge >= 0.3 is 0 Å². The molecule has 5 heteroatoms. The number of nitrogens with zero attached hydrogens (tertiary/aromatic N) is 2. The molecule has 2 atom stereocenters. The molecule has 2 rings (SSSR count). The number of benzene rings is 1. The van der Waals surface area contributed by atoms with Gasteiger partial charge in [0.05, 0.1) is 6.54 Å². The summed E-state index contributed by atoms with van der Waals surface area (Å²) in [5, 5.41) is 7.40. The predicted molar refractivity (Wildman–Crippen MR) is 80.8 cm³/mol. The molecule has 0 aliphatic rings. The van der Waals surface area contributed by atoms with Crippen molar-refractivity contribution in [2.75, 3.05) is 6.61 Å². The van der Waals surface area contributed by atoms with Crippen LogP contribution in [0.5, 0.6) is 0 Å². The highest BCUT2D eigenvalue weighted by atomic mass is 16.5. The molecule has 1 N–H and O–H groups in total. The smallest absolute Gasteiger partial charge is 0.240 e. The maximum Gasteiger partial charge on any atom is 0.240 e. The molecule has 0 aliphatic heterocycles. The Bertz CT molecular complexity index is 527. The van der Waals surface area contributed by atoms with Gasteiger partial charge in [0.25, 0.3) is 0 Å². The summed E-state index contributed by atoms with van der Waals surface area (Å²) in [6.45, 7) is 7.40. The van der Waals surface area contributed by atoms with Gasteiger partial charge in [-0.15, -0.1) is 0 Å². The number of hydrogen-bond donors (Lipinski definition) is 1. The van der Waals surface area contributed by atoms with Gasteiger partial charge in [-0.2, -0.15) is 4.98 Å². The van der Waals surface area contributed by atoms with E-state index in [0.29, 0.717) is 30.9 Å². The average molecular weight is 289 g/mol. The maximum absolute atomic E-state index is 5.77. The highest BCUT2D eigenvalue weighted by Gasteiger charge is 2.20. The summed E-state index contributed by atoms with van der Waals surface area (Å²) in [5.74, 6) is 1.16. The van der Waals surface area contributed by atoms with Crippen LogP contribution in [0.4, 0.5) is 0 Å². The molecule has 0 bridgehead atoms. The van der Waals surface area contributed by atoms with Gasteiger partial charge in [0.15, 0.2) is 0 Å². The van der Waals surface area contributed by atoms with Gasteiger partial charge in [-0.1, -0.05) is 42.4 Å². The van der Waals surface area contributed by atoms with Crippen molar-refractivity contribution in [3.63, 3.8) is 0 Å². The molecule has 0 amide bonds. The van der Waals surface area contributed by atoms with Crippen LogP contribution in [0.25, 0.3) is 0 Å². The van der Waals surface area contributed by atoms with E-state index in [0.717, 1.165) is 12.0 Å². The van der Waals surface area contributed by atoms with Crippen molar-refractivity contribution in [2.24, 2.45) is 0 Å². The second-order valence-corrected chi connectivity index (χ2v) is 4.98. The first-order chi connectivity index (χ1) is 10.2. The standard InChI is InChI=1S/C16H23N3O2/c1-4-12(3)17-11-14-18-16(19-21-14)15(20-5-2)13-9-7-6-8-10-13/h6-10,12,15,17H,4-5,11H2,1-3H3. The Morgan fingerprint density at radius 3 is 2.67 bits per heavy atom. The van der Waals surface area contributed by atoms with E-state index in [2.05, 4.69) is 29.3 Å². The van der Waals surface area contributed by atoms with Gasteiger partial charge in [0, 0.05) is 12.6 Å². The van der Waals surface area contributed by atoms with Crippen molar-refractivity contribution in [3.8, 4) is 0 Å². The third-order valence-corrected chi connectivity index (χ3v) is 3.37. The summed E-state index contributed by atoms with van der Waals surface area (Å²) < 4.78 is 11.1. The third-order valence-electron chi connectivity index (χ3n) is 3.37. The summed E-state index contributed by atoms with van der Waals surface area (Å²) in [7, 11) is 0. The molecular formula is C16H23N3O2. The fraction of sp³-hybridized carbons (Fsp3) is 0.500. The molecule has 0 radical (unpaired) electrons. The Kier molecular flexibility index (Phi) is 5.90. The normalized spacial score (nSPS) is 14.0. The number of aromatic nitrogens is 2. The minimum absolute atomic E-state index is 0.280. The molecule has 0 aliphatic carbocycles. The second kappa shape index (κ2) is 7.90. The van der Waals surface area contributed by atoms with Crippen LogP contribution in [-0.4, -0.2) is 22.8 Å². The van der Waals surface area contributed by atoms with E-state index in [1.807, 2.05) is 37.3 Å². The molecular weight excluding hydrogens is 266 g/mol. The zero-order valence-corrected chi connectivity index (χ0v) is 12.9. The van der Waals surface area contributed by atoms with Gasteiger partial charge in [0.2, 0.25) is 11.7 Å². The van der Waals surface area contributed by atoms with E-state index >= 15 is 0 Å². The topological polar surface area (TPSA) is 60.2 Å². The second-order valence-electron chi connectivity index (χ2n) is 4.98. The Morgan fingerprint density at radius 2 is 2.00 bits per heavy atom. The summed E-state index contributed by atoms with van der Waals surface area (Å²) in [6, 6.07) is 10.4. The highest BCUT2D eigenvalue weighted by Crippen LogP contribution is 2.23. The van der Waals surface area contributed by atoms with Crippen molar-refractivity contribution < 1.29 is 9.26 Å². The van der Waals surface area contributed by atoms with Gasteiger partial charge in [-0.25, -0.2) is 0 Å². The molecule has 0 saturated heterocycles. The van der Waals surface area contributed by atoms with E-state index in [4.69, 9.17) is 9.26 Å². The molecule has 0 fully saturated rings. The van der Waals surface area contributed by atoms with Crippen LogP contribution < -0.4 is 5.32 Å². The van der Waals surface area contributed by atoms with Gasteiger partial charge in [-0.3, -0.25) is 0 Å². The fourth-order valence-corrected chi connectivity index (χ4v) is 1.97. The lowest BCUT2D eigenvalue weighted by Crippen LogP contribution is -2.24. The first-order valence-corrected chi connectivity index (χ1v) is 7.47. The minimum atomic E-state index is -0.280. The molecule has 1 aromatic carbocycles. The Morgan fingerprint density at radius 1 is 1.24 bits per heavy atom. The zero-order chi connectivity index (χ0) is 15.1. The van der Waals surface area contributed by atoms with Crippen molar-refractivity contribution in [1.82, 2.24) is 15.5 Å². The van der Waals surface area contributed by atoms with E-state index in [1.165, 1.54) is 0 Å². The summed E-state index contributed by atoms with van der Waals surface area (Å²) >= 11 is 0. The van der Waals surface area contributed by atoms with Crippen LogP contribution >= 0.6 is 0 Å². The van der Waals surface area contributed by atoms with E-state index in [1.54, 1.807) is 0 Å². The number of rotatable bonds is 8.